The Labute approximate surface area is 96.0 Å². The highest BCUT2D eigenvalue weighted by Gasteiger charge is 2.28. The van der Waals surface area contributed by atoms with E-state index in [1.165, 1.54) is 38.5 Å². The fourth-order valence-electron chi connectivity index (χ4n) is 3.21. The molecule has 1 heteroatoms. The van der Waals surface area contributed by atoms with E-state index in [0.29, 0.717) is 0 Å². The molecule has 4 atom stereocenters. The smallest absolute Gasteiger partial charge is 0.00949 e. The fraction of sp³-hybridized carbons (Fsp3) is 1.00. The van der Waals surface area contributed by atoms with E-state index < -0.39 is 0 Å². The van der Waals surface area contributed by atoms with Crippen LogP contribution in [0.15, 0.2) is 0 Å². The second-order valence-corrected chi connectivity index (χ2v) is 5.70. The molecule has 0 saturated heterocycles. The highest BCUT2D eigenvalue weighted by molar-refractivity contribution is 4.83. The highest BCUT2D eigenvalue weighted by atomic mass is 14.9. The van der Waals surface area contributed by atoms with Gasteiger partial charge in [0.2, 0.25) is 0 Å². The van der Waals surface area contributed by atoms with Crippen molar-refractivity contribution in [1.82, 2.24) is 5.32 Å². The van der Waals surface area contributed by atoms with Gasteiger partial charge in [-0.15, -0.1) is 0 Å². The first-order chi connectivity index (χ1) is 7.17. The summed E-state index contributed by atoms with van der Waals surface area (Å²) in [4.78, 5) is 0. The zero-order valence-electron chi connectivity index (χ0n) is 11.1. The van der Waals surface area contributed by atoms with Crippen molar-refractivity contribution in [2.24, 2.45) is 17.8 Å². The third-order valence-electron chi connectivity index (χ3n) is 4.11. The number of hydrogen-bond donors (Lipinski definition) is 1. The molecule has 0 heterocycles. The summed E-state index contributed by atoms with van der Waals surface area (Å²) in [6.45, 7) is 7.11. The van der Waals surface area contributed by atoms with Crippen LogP contribution < -0.4 is 5.32 Å². The molecule has 0 aromatic heterocycles. The van der Waals surface area contributed by atoms with Gasteiger partial charge in [-0.1, -0.05) is 40.0 Å². The van der Waals surface area contributed by atoms with Crippen LogP contribution in [-0.2, 0) is 0 Å². The minimum absolute atomic E-state index is 0.775. The topological polar surface area (TPSA) is 12.0 Å². The highest BCUT2D eigenvalue weighted by Crippen LogP contribution is 2.34. The van der Waals surface area contributed by atoms with Crippen molar-refractivity contribution in [1.29, 1.82) is 0 Å². The fourth-order valence-corrected chi connectivity index (χ4v) is 3.21. The molecule has 0 spiro atoms. The predicted octanol–water partition coefficient (Wildman–Crippen LogP) is 3.84. The molecule has 1 fully saturated rings. The Morgan fingerprint density at radius 2 is 2.07 bits per heavy atom. The molecule has 1 saturated carbocycles. The van der Waals surface area contributed by atoms with Crippen LogP contribution in [0.25, 0.3) is 0 Å². The van der Waals surface area contributed by atoms with E-state index >= 15 is 0 Å². The molecule has 0 radical (unpaired) electrons. The summed E-state index contributed by atoms with van der Waals surface area (Å²) in [6, 6.07) is 0.775. The van der Waals surface area contributed by atoms with E-state index in [1.807, 2.05) is 0 Å². The summed E-state index contributed by atoms with van der Waals surface area (Å²) in [5.41, 5.74) is 0. The summed E-state index contributed by atoms with van der Waals surface area (Å²) < 4.78 is 0. The van der Waals surface area contributed by atoms with Gasteiger partial charge in [0, 0.05) is 6.04 Å². The van der Waals surface area contributed by atoms with Gasteiger partial charge in [0.1, 0.15) is 0 Å². The van der Waals surface area contributed by atoms with E-state index in [-0.39, 0.29) is 0 Å². The van der Waals surface area contributed by atoms with E-state index in [0.717, 1.165) is 23.8 Å². The predicted molar refractivity (Wildman–Crippen MR) is 68.0 cm³/mol. The van der Waals surface area contributed by atoms with Crippen LogP contribution >= 0.6 is 0 Å². The van der Waals surface area contributed by atoms with Crippen LogP contribution in [0.4, 0.5) is 0 Å². The zero-order valence-corrected chi connectivity index (χ0v) is 11.1. The lowest BCUT2D eigenvalue weighted by molar-refractivity contribution is 0.302. The Kier molecular flexibility index (Phi) is 5.66. The Balaban J connectivity index is 2.34. The molecule has 4 unspecified atom stereocenters. The maximum Gasteiger partial charge on any atom is 0.00949 e. The van der Waals surface area contributed by atoms with E-state index in [9.17, 15) is 0 Å². The minimum Gasteiger partial charge on any atom is -0.317 e. The van der Waals surface area contributed by atoms with Gasteiger partial charge in [-0.05, 0) is 44.1 Å². The molecular formula is C14H29N. The summed E-state index contributed by atoms with van der Waals surface area (Å²) in [7, 11) is 2.15. The molecule has 1 aliphatic carbocycles. The van der Waals surface area contributed by atoms with Crippen LogP contribution in [-0.4, -0.2) is 13.1 Å². The first kappa shape index (κ1) is 13.0. The molecule has 1 aliphatic rings. The van der Waals surface area contributed by atoms with Crippen LogP contribution in [0.3, 0.4) is 0 Å². The van der Waals surface area contributed by atoms with Crippen molar-refractivity contribution in [3.63, 3.8) is 0 Å². The van der Waals surface area contributed by atoms with E-state index in [1.54, 1.807) is 0 Å². The molecule has 1 nitrogen and oxygen atoms in total. The molecule has 0 aliphatic heterocycles. The standard InChI is InChI=1S/C14H29N/c1-5-6-11(2)10-14(15-4)13-8-7-12(3)9-13/h11-15H,5-10H2,1-4H3. The van der Waals surface area contributed by atoms with Crippen LogP contribution in [0.5, 0.6) is 0 Å². The molecule has 90 valence electrons. The number of rotatable bonds is 6. The lowest BCUT2D eigenvalue weighted by atomic mass is 9.88. The molecule has 0 amide bonds. The molecule has 1 N–H and O–H groups in total. The second-order valence-electron chi connectivity index (χ2n) is 5.70. The Morgan fingerprint density at radius 3 is 2.53 bits per heavy atom. The van der Waals surface area contributed by atoms with Crippen molar-refractivity contribution in [3.05, 3.63) is 0 Å². The maximum absolute atomic E-state index is 3.55. The average molecular weight is 211 g/mol. The van der Waals surface area contributed by atoms with Gasteiger partial charge in [-0.3, -0.25) is 0 Å². The van der Waals surface area contributed by atoms with Crippen molar-refractivity contribution >= 4 is 0 Å². The van der Waals surface area contributed by atoms with Gasteiger partial charge in [-0.2, -0.15) is 0 Å². The minimum atomic E-state index is 0.775. The first-order valence-corrected chi connectivity index (χ1v) is 6.84. The Hall–Kier alpha value is -0.0400. The largest absolute Gasteiger partial charge is 0.317 e. The van der Waals surface area contributed by atoms with Crippen molar-refractivity contribution in [2.45, 2.75) is 65.3 Å². The first-order valence-electron chi connectivity index (χ1n) is 6.84. The third-order valence-corrected chi connectivity index (χ3v) is 4.11. The Bertz CT molecular complexity index is 167. The zero-order chi connectivity index (χ0) is 11.3. The van der Waals surface area contributed by atoms with Gasteiger partial charge < -0.3 is 5.32 Å². The Morgan fingerprint density at radius 1 is 1.33 bits per heavy atom. The molecule has 0 bridgehead atoms. The number of nitrogens with one attached hydrogen (secondary N) is 1. The molecule has 0 aromatic rings. The van der Waals surface area contributed by atoms with Gasteiger partial charge in [0.05, 0.1) is 0 Å². The van der Waals surface area contributed by atoms with E-state index in [2.05, 4.69) is 33.1 Å². The lowest BCUT2D eigenvalue weighted by Crippen LogP contribution is -2.34. The molecule has 0 aromatic carbocycles. The lowest BCUT2D eigenvalue weighted by Gasteiger charge is -2.26. The summed E-state index contributed by atoms with van der Waals surface area (Å²) >= 11 is 0. The number of hydrogen-bond acceptors (Lipinski definition) is 1. The quantitative estimate of drug-likeness (QED) is 0.704. The summed E-state index contributed by atoms with van der Waals surface area (Å²) in [5.74, 6) is 2.81. The average Bonchev–Trinajstić information content (AvgIpc) is 2.61. The van der Waals surface area contributed by atoms with E-state index in [4.69, 9.17) is 0 Å². The monoisotopic (exact) mass is 211 g/mol. The maximum atomic E-state index is 3.55. The van der Waals surface area contributed by atoms with Crippen LogP contribution in [0.1, 0.15) is 59.3 Å². The van der Waals surface area contributed by atoms with Crippen molar-refractivity contribution < 1.29 is 0 Å². The van der Waals surface area contributed by atoms with Gasteiger partial charge in [-0.25, -0.2) is 0 Å². The molecule has 1 rings (SSSR count). The second kappa shape index (κ2) is 6.52. The summed E-state index contributed by atoms with van der Waals surface area (Å²) in [6.07, 6.45) is 8.45. The van der Waals surface area contributed by atoms with Gasteiger partial charge in [0.15, 0.2) is 0 Å². The summed E-state index contributed by atoms with van der Waals surface area (Å²) in [5, 5.41) is 3.55. The molecular weight excluding hydrogens is 182 g/mol. The van der Waals surface area contributed by atoms with Gasteiger partial charge in [0.25, 0.3) is 0 Å². The molecule has 15 heavy (non-hydrogen) atoms. The van der Waals surface area contributed by atoms with Crippen LogP contribution in [0, 0.1) is 17.8 Å². The van der Waals surface area contributed by atoms with Crippen LogP contribution in [0.2, 0.25) is 0 Å². The van der Waals surface area contributed by atoms with Crippen molar-refractivity contribution in [2.75, 3.05) is 7.05 Å². The van der Waals surface area contributed by atoms with Crippen molar-refractivity contribution in [3.8, 4) is 0 Å². The SMILES string of the molecule is CCCC(C)CC(NC)C1CCC(C)C1. The normalized spacial score (nSPS) is 30.4. The van der Waals surface area contributed by atoms with Gasteiger partial charge >= 0.3 is 0 Å². The third kappa shape index (κ3) is 4.14.